The summed E-state index contributed by atoms with van der Waals surface area (Å²) >= 11 is 0. The van der Waals surface area contributed by atoms with Gasteiger partial charge in [0.2, 0.25) is 0 Å². The molecule has 0 saturated heterocycles. The van der Waals surface area contributed by atoms with Gasteiger partial charge in [0.25, 0.3) is 0 Å². The van der Waals surface area contributed by atoms with Crippen molar-refractivity contribution in [3.63, 3.8) is 0 Å². The summed E-state index contributed by atoms with van der Waals surface area (Å²) < 4.78 is 0. The van der Waals surface area contributed by atoms with Crippen molar-refractivity contribution in [2.45, 2.75) is 19.9 Å². The number of rotatable bonds is 4. The Bertz CT molecular complexity index is 112. The molecule has 1 unspecified atom stereocenters. The zero-order valence-electron chi connectivity index (χ0n) is 6.50. The van der Waals surface area contributed by atoms with E-state index >= 15 is 0 Å². The quantitative estimate of drug-likeness (QED) is 0.421. The van der Waals surface area contributed by atoms with Crippen molar-refractivity contribution in [3.05, 3.63) is 0 Å². The van der Waals surface area contributed by atoms with Crippen molar-refractivity contribution in [1.82, 2.24) is 0 Å². The molecule has 10 heavy (non-hydrogen) atoms. The number of hydrogen-bond donors (Lipinski definition) is 2. The first-order valence-corrected chi connectivity index (χ1v) is 3.36. The van der Waals surface area contributed by atoms with Gasteiger partial charge in [0.15, 0.2) is 0 Å². The van der Waals surface area contributed by atoms with Crippen LogP contribution >= 0.6 is 0 Å². The van der Waals surface area contributed by atoms with E-state index in [1.54, 1.807) is 0 Å². The Labute approximate surface area is 61.2 Å². The molecule has 0 heterocycles. The molecule has 0 aromatic carbocycles. The summed E-state index contributed by atoms with van der Waals surface area (Å²) in [7, 11) is 0. The zero-order valence-corrected chi connectivity index (χ0v) is 6.50. The Morgan fingerprint density at radius 2 is 2.30 bits per heavy atom. The van der Waals surface area contributed by atoms with Crippen LogP contribution in [0.4, 0.5) is 0 Å². The van der Waals surface area contributed by atoms with Crippen LogP contribution in [-0.2, 0) is 4.84 Å². The Morgan fingerprint density at radius 1 is 1.70 bits per heavy atom. The van der Waals surface area contributed by atoms with Gasteiger partial charge in [-0.3, -0.25) is 0 Å². The van der Waals surface area contributed by atoms with Crippen molar-refractivity contribution >= 4 is 5.71 Å². The van der Waals surface area contributed by atoms with Gasteiger partial charge < -0.3 is 16.3 Å². The molecule has 0 bridgehead atoms. The van der Waals surface area contributed by atoms with Gasteiger partial charge in [-0.25, -0.2) is 0 Å². The van der Waals surface area contributed by atoms with Crippen molar-refractivity contribution in [2.24, 2.45) is 16.6 Å². The molecule has 4 N–H and O–H groups in total. The van der Waals surface area contributed by atoms with Crippen LogP contribution < -0.4 is 11.5 Å². The SMILES string of the molecule is CCO/N=C(/CN)C(C)N. The summed E-state index contributed by atoms with van der Waals surface area (Å²) in [6, 6.07) is -0.114. The molecule has 0 aliphatic rings. The molecule has 0 fully saturated rings. The molecule has 0 aliphatic carbocycles. The van der Waals surface area contributed by atoms with Crippen LogP contribution in [0.3, 0.4) is 0 Å². The Morgan fingerprint density at radius 3 is 2.60 bits per heavy atom. The van der Waals surface area contributed by atoms with Crippen molar-refractivity contribution in [3.8, 4) is 0 Å². The number of nitrogens with zero attached hydrogens (tertiary/aromatic N) is 1. The van der Waals surface area contributed by atoms with Crippen molar-refractivity contribution < 1.29 is 4.84 Å². The van der Waals surface area contributed by atoms with Gasteiger partial charge in [-0.1, -0.05) is 5.16 Å². The monoisotopic (exact) mass is 145 g/mol. The first-order chi connectivity index (χ1) is 4.72. The van der Waals surface area contributed by atoms with E-state index in [2.05, 4.69) is 5.16 Å². The van der Waals surface area contributed by atoms with Crippen LogP contribution in [0.15, 0.2) is 5.16 Å². The van der Waals surface area contributed by atoms with Gasteiger partial charge in [-0.15, -0.1) is 0 Å². The van der Waals surface area contributed by atoms with Crippen molar-refractivity contribution in [2.75, 3.05) is 13.2 Å². The second-order valence-electron chi connectivity index (χ2n) is 1.99. The van der Waals surface area contributed by atoms with Crippen LogP contribution in [-0.4, -0.2) is 24.9 Å². The van der Waals surface area contributed by atoms with Crippen LogP contribution in [0.25, 0.3) is 0 Å². The average molecular weight is 145 g/mol. The largest absolute Gasteiger partial charge is 0.396 e. The fourth-order valence-corrected chi connectivity index (χ4v) is 0.454. The Balaban J connectivity index is 3.79. The van der Waals surface area contributed by atoms with Gasteiger partial charge in [0, 0.05) is 12.6 Å². The molecule has 0 aliphatic heterocycles. The van der Waals surface area contributed by atoms with Crippen LogP contribution in [0.1, 0.15) is 13.8 Å². The molecule has 0 aromatic heterocycles. The van der Waals surface area contributed by atoms with Gasteiger partial charge in [0.05, 0.1) is 5.71 Å². The smallest absolute Gasteiger partial charge is 0.114 e. The standard InChI is InChI=1S/C6H15N3O/c1-3-10-9-6(4-7)5(2)8/h5H,3-4,7-8H2,1-2H3/b9-6-. The lowest BCUT2D eigenvalue weighted by Crippen LogP contribution is -2.33. The van der Waals surface area contributed by atoms with Crippen LogP contribution in [0, 0.1) is 0 Å². The first kappa shape index (κ1) is 9.39. The highest BCUT2D eigenvalue weighted by Gasteiger charge is 2.02. The van der Waals surface area contributed by atoms with Crippen LogP contribution in [0.2, 0.25) is 0 Å². The highest BCUT2D eigenvalue weighted by atomic mass is 16.6. The van der Waals surface area contributed by atoms with Gasteiger partial charge in [0.1, 0.15) is 6.61 Å². The van der Waals surface area contributed by atoms with E-state index < -0.39 is 0 Å². The van der Waals surface area contributed by atoms with E-state index in [4.69, 9.17) is 16.3 Å². The van der Waals surface area contributed by atoms with Gasteiger partial charge in [-0.05, 0) is 13.8 Å². The maximum atomic E-state index is 5.50. The molecule has 0 aromatic rings. The summed E-state index contributed by atoms with van der Waals surface area (Å²) in [6.45, 7) is 4.59. The topological polar surface area (TPSA) is 73.6 Å². The minimum atomic E-state index is -0.114. The Kier molecular flexibility index (Phi) is 4.88. The van der Waals surface area contributed by atoms with Crippen molar-refractivity contribution in [1.29, 1.82) is 0 Å². The van der Waals surface area contributed by atoms with Crippen LogP contribution in [0.5, 0.6) is 0 Å². The molecule has 1 atom stereocenters. The van der Waals surface area contributed by atoms with E-state index in [1.807, 2.05) is 13.8 Å². The maximum Gasteiger partial charge on any atom is 0.114 e. The summed E-state index contributed by atoms with van der Waals surface area (Å²) in [5.74, 6) is 0. The second-order valence-corrected chi connectivity index (χ2v) is 1.99. The molecular formula is C6H15N3O. The lowest BCUT2D eigenvalue weighted by atomic mass is 10.2. The van der Waals surface area contributed by atoms with E-state index in [0.717, 1.165) is 0 Å². The highest BCUT2D eigenvalue weighted by molar-refractivity contribution is 5.90. The number of oxime groups is 1. The fourth-order valence-electron chi connectivity index (χ4n) is 0.454. The number of nitrogens with two attached hydrogens (primary N) is 2. The molecule has 0 rings (SSSR count). The predicted octanol–water partition coefficient (Wildman–Crippen LogP) is -0.315. The van der Waals surface area contributed by atoms with E-state index in [9.17, 15) is 0 Å². The molecule has 60 valence electrons. The summed E-state index contributed by atoms with van der Waals surface area (Å²) in [6.07, 6.45) is 0. The minimum Gasteiger partial charge on any atom is -0.396 e. The summed E-state index contributed by atoms with van der Waals surface area (Å²) in [4.78, 5) is 4.78. The maximum absolute atomic E-state index is 5.50. The molecule has 0 radical (unpaired) electrons. The van der Waals surface area contributed by atoms with E-state index in [-0.39, 0.29) is 6.04 Å². The highest BCUT2D eigenvalue weighted by Crippen LogP contribution is 1.84. The lowest BCUT2D eigenvalue weighted by molar-refractivity contribution is 0.157. The third-order valence-corrected chi connectivity index (χ3v) is 1.05. The molecule has 4 nitrogen and oxygen atoms in total. The number of hydrogen-bond acceptors (Lipinski definition) is 4. The molecule has 0 amide bonds. The third-order valence-electron chi connectivity index (χ3n) is 1.05. The first-order valence-electron chi connectivity index (χ1n) is 3.36. The van der Waals surface area contributed by atoms with E-state index in [0.29, 0.717) is 18.9 Å². The summed E-state index contributed by atoms with van der Waals surface area (Å²) in [5.41, 5.74) is 11.5. The molecular weight excluding hydrogens is 130 g/mol. The van der Waals surface area contributed by atoms with E-state index in [1.165, 1.54) is 0 Å². The lowest BCUT2D eigenvalue weighted by Gasteiger charge is -2.05. The van der Waals surface area contributed by atoms with Gasteiger partial charge >= 0.3 is 0 Å². The fraction of sp³-hybridized carbons (Fsp3) is 0.833. The Hall–Kier alpha value is -0.610. The predicted molar refractivity (Wildman–Crippen MR) is 41.8 cm³/mol. The third kappa shape index (κ3) is 3.42. The molecule has 4 heteroatoms. The minimum absolute atomic E-state index is 0.114. The second kappa shape index (κ2) is 5.20. The average Bonchev–Trinajstić information content (AvgIpc) is 1.89. The van der Waals surface area contributed by atoms with Gasteiger partial charge in [-0.2, -0.15) is 0 Å². The normalized spacial score (nSPS) is 15.0. The molecule has 0 saturated carbocycles. The summed E-state index contributed by atoms with van der Waals surface area (Å²) in [5, 5.41) is 3.73. The zero-order chi connectivity index (χ0) is 7.98. The molecule has 0 spiro atoms.